The molecule has 0 radical (unpaired) electrons. The highest BCUT2D eigenvalue weighted by molar-refractivity contribution is 5.37. The zero-order valence-electron chi connectivity index (χ0n) is 10.3. The maximum absolute atomic E-state index is 5.27. The summed E-state index contributed by atoms with van der Waals surface area (Å²) in [5.74, 6) is 3.61. The van der Waals surface area contributed by atoms with Gasteiger partial charge in [-0.05, 0) is 42.5 Å². The van der Waals surface area contributed by atoms with Crippen molar-refractivity contribution in [3.05, 3.63) is 29.3 Å². The molecular weight excluding hydrogens is 210 g/mol. The van der Waals surface area contributed by atoms with E-state index in [2.05, 4.69) is 23.4 Å². The lowest BCUT2D eigenvalue weighted by Gasteiger charge is -2.25. The van der Waals surface area contributed by atoms with E-state index < -0.39 is 0 Å². The summed E-state index contributed by atoms with van der Waals surface area (Å²) in [6.07, 6.45) is 9.48. The number of rotatable bonds is 4. The fourth-order valence-corrected chi connectivity index (χ4v) is 2.38. The summed E-state index contributed by atoms with van der Waals surface area (Å²) in [5.41, 5.74) is 2.87. The van der Waals surface area contributed by atoms with E-state index >= 15 is 0 Å². The summed E-state index contributed by atoms with van der Waals surface area (Å²) in [4.78, 5) is 0. The van der Waals surface area contributed by atoms with E-state index in [4.69, 9.17) is 11.2 Å². The molecule has 0 aromatic heterocycles. The SMILES string of the molecule is C#CCCNC1CCc2ccc(OC)cc2C1. The Hall–Kier alpha value is -1.46. The van der Waals surface area contributed by atoms with Gasteiger partial charge in [0.15, 0.2) is 0 Å². The number of hydrogen-bond acceptors (Lipinski definition) is 2. The first-order chi connectivity index (χ1) is 8.33. The Morgan fingerprint density at radius 1 is 1.47 bits per heavy atom. The van der Waals surface area contributed by atoms with E-state index in [9.17, 15) is 0 Å². The van der Waals surface area contributed by atoms with Crippen LogP contribution in [0.2, 0.25) is 0 Å². The number of hydrogen-bond donors (Lipinski definition) is 1. The predicted octanol–water partition coefficient (Wildman–Crippen LogP) is 2.17. The minimum atomic E-state index is 0.558. The van der Waals surface area contributed by atoms with Crippen LogP contribution in [0.25, 0.3) is 0 Å². The first kappa shape index (κ1) is 12.0. The standard InChI is InChI=1S/C15H19NO/c1-3-4-9-16-14-7-5-12-6-8-15(17-2)11-13(12)10-14/h1,6,8,11,14,16H,4-5,7,9-10H2,2H3. The van der Waals surface area contributed by atoms with Crippen molar-refractivity contribution in [3.63, 3.8) is 0 Å². The number of terminal acetylenes is 1. The van der Waals surface area contributed by atoms with E-state index in [1.165, 1.54) is 17.5 Å². The molecule has 0 spiro atoms. The molecule has 90 valence electrons. The van der Waals surface area contributed by atoms with E-state index in [-0.39, 0.29) is 0 Å². The Morgan fingerprint density at radius 2 is 2.35 bits per heavy atom. The van der Waals surface area contributed by atoms with Crippen molar-refractivity contribution in [2.45, 2.75) is 31.7 Å². The maximum Gasteiger partial charge on any atom is 0.119 e. The molecule has 0 saturated carbocycles. The highest BCUT2D eigenvalue weighted by atomic mass is 16.5. The molecule has 1 aromatic carbocycles. The molecule has 1 N–H and O–H groups in total. The fraction of sp³-hybridized carbons (Fsp3) is 0.467. The molecule has 17 heavy (non-hydrogen) atoms. The van der Waals surface area contributed by atoms with Gasteiger partial charge in [-0.2, -0.15) is 0 Å². The van der Waals surface area contributed by atoms with E-state index in [1.54, 1.807) is 7.11 Å². The Bertz CT molecular complexity index is 419. The van der Waals surface area contributed by atoms with Crippen LogP contribution in [0.3, 0.4) is 0 Å². The van der Waals surface area contributed by atoms with Gasteiger partial charge in [0.05, 0.1) is 7.11 Å². The number of methoxy groups -OCH3 is 1. The van der Waals surface area contributed by atoms with Gasteiger partial charge in [0.25, 0.3) is 0 Å². The van der Waals surface area contributed by atoms with Crippen molar-refractivity contribution < 1.29 is 4.74 Å². The maximum atomic E-state index is 5.27. The van der Waals surface area contributed by atoms with Crippen LogP contribution in [0, 0.1) is 12.3 Å². The molecule has 1 aliphatic carbocycles. The van der Waals surface area contributed by atoms with Crippen LogP contribution >= 0.6 is 0 Å². The third-order valence-electron chi connectivity index (χ3n) is 3.34. The van der Waals surface area contributed by atoms with Gasteiger partial charge in [-0.1, -0.05) is 6.07 Å². The third-order valence-corrected chi connectivity index (χ3v) is 3.34. The van der Waals surface area contributed by atoms with E-state index in [1.807, 2.05) is 6.07 Å². The molecule has 0 bridgehead atoms. The van der Waals surface area contributed by atoms with Crippen molar-refractivity contribution in [3.8, 4) is 18.1 Å². The second-order valence-corrected chi connectivity index (χ2v) is 4.48. The predicted molar refractivity (Wildman–Crippen MR) is 70.3 cm³/mol. The third kappa shape index (κ3) is 3.01. The lowest BCUT2D eigenvalue weighted by molar-refractivity contribution is 0.411. The number of ether oxygens (including phenoxy) is 1. The number of nitrogens with one attached hydrogen (secondary N) is 1. The van der Waals surface area contributed by atoms with Gasteiger partial charge < -0.3 is 10.1 Å². The molecule has 1 atom stereocenters. The van der Waals surface area contributed by atoms with E-state index in [0.29, 0.717) is 6.04 Å². The van der Waals surface area contributed by atoms with Crippen LogP contribution in [0.15, 0.2) is 18.2 Å². The first-order valence-corrected chi connectivity index (χ1v) is 6.16. The average Bonchev–Trinajstić information content (AvgIpc) is 2.38. The van der Waals surface area contributed by atoms with Gasteiger partial charge in [0, 0.05) is 19.0 Å². The van der Waals surface area contributed by atoms with Gasteiger partial charge >= 0.3 is 0 Å². The molecule has 0 amide bonds. The van der Waals surface area contributed by atoms with Crippen LogP contribution in [0.5, 0.6) is 5.75 Å². The molecule has 0 fully saturated rings. The second kappa shape index (κ2) is 5.75. The molecular formula is C15H19NO. The number of aryl methyl sites for hydroxylation is 1. The minimum Gasteiger partial charge on any atom is -0.497 e. The Kier molecular flexibility index (Phi) is 4.06. The van der Waals surface area contributed by atoms with Gasteiger partial charge in [-0.25, -0.2) is 0 Å². The molecule has 1 aliphatic rings. The van der Waals surface area contributed by atoms with Crippen LogP contribution in [-0.2, 0) is 12.8 Å². The normalized spacial score (nSPS) is 18.2. The molecule has 0 saturated heterocycles. The summed E-state index contributed by atoms with van der Waals surface area (Å²) in [7, 11) is 1.72. The monoisotopic (exact) mass is 229 g/mol. The highest BCUT2D eigenvalue weighted by Crippen LogP contribution is 2.25. The van der Waals surface area contributed by atoms with Crippen molar-refractivity contribution in [2.75, 3.05) is 13.7 Å². The fourth-order valence-electron chi connectivity index (χ4n) is 2.38. The van der Waals surface area contributed by atoms with Crippen LogP contribution in [0.1, 0.15) is 24.0 Å². The lowest BCUT2D eigenvalue weighted by Crippen LogP contribution is -2.35. The minimum absolute atomic E-state index is 0.558. The molecule has 1 unspecified atom stereocenters. The second-order valence-electron chi connectivity index (χ2n) is 4.48. The van der Waals surface area contributed by atoms with Crippen molar-refractivity contribution in [2.24, 2.45) is 0 Å². The quantitative estimate of drug-likeness (QED) is 0.631. The Labute approximate surface area is 103 Å². The van der Waals surface area contributed by atoms with Gasteiger partial charge in [-0.15, -0.1) is 12.3 Å². The summed E-state index contributed by atoms with van der Waals surface area (Å²) in [6, 6.07) is 6.95. The Balaban J connectivity index is 1.99. The van der Waals surface area contributed by atoms with Gasteiger partial charge in [-0.3, -0.25) is 0 Å². The zero-order chi connectivity index (χ0) is 12.1. The number of benzene rings is 1. The Morgan fingerprint density at radius 3 is 3.12 bits per heavy atom. The van der Waals surface area contributed by atoms with Gasteiger partial charge in [0.2, 0.25) is 0 Å². The molecule has 1 aromatic rings. The molecule has 2 nitrogen and oxygen atoms in total. The summed E-state index contributed by atoms with van der Waals surface area (Å²) >= 11 is 0. The lowest BCUT2D eigenvalue weighted by atomic mass is 9.88. The van der Waals surface area contributed by atoms with E-state index in [0.717, 1.165) is 31.6 Å². The average molecular weight is 229 g/mol. The van der Waals surface area contributed by atoms with Crippen LogP contribution in [-0.4, -0.2) is 19.7 Å². The summed E-state index contributed by atoms with van der Waals surface area (Å²) in [5, 5.41) is 3.52. The van der Waals surface area contributed by atoms with Gasteiger partial charge in [0.1, 0.15) is 5.75 Å². The first-order valence-electron chi connectivity index (χ1n) is 6.16. The molecule has 2 heteroatoms. The van der Waals surface area contributed by atoms with Crippen molar-refractivity contribution >= 4 is 0 Å². The molecule has 2 rings (SSSR count). The largest absolute Gasteiger partial charge is 0.497 e. The topological polar surface area (TPSA) is 21.3 Å². The summed E-state index contributed by atoms with van der Waals surface area (Å²) in [6.45, 7) is 0.917. The zero-order valence-corrected chi connectivity index (χ0v) is 10.3. The molecule has 0 aliphatic heterocycles. The van der Waals surface area contributed by atoms with Crippen molar-refractivity contribution in [1.82, 2.24) is 5.32 Å². The summed E-state index contributed by atoms with van der Waals surface area (Å²) < 4.78 is 5.27. The van der Waals surface area contributed by atoms with Crippen LogP contribution < -0.4 is 10.1 Å². The smallest absolute Gasteiger partial charge is 0.119 e. The number of fused-ring (bicyclic) bond motifs is 1. The van der Waals surface area contributed by atoms with Crippen molar-refractivity contribution in [1.29, 1.82) is 0 Å². The highest BCUT2D eigenvalue weighted by Gasteiger charge is 2.18. The molecule has 0 heterocycles. The van der Waals surface area contributed by atoms with Crippen LogP contribution in [0.4, 0.5) is 0 Å².